The molecule has 34 heavy (non-hydrogen) atoms. The van der Waals surface area contributed by atoms with Crippen molar-refractivity contribution in [2.24, 2.45) is 5.92 Å². The smallest absolute Gasteiger partial charge is 0.287 e. The lowest BCUT2D eigenvalue weighted by molar-refractivity contribution is -0.130. The van der Waals surface area contributed by atoms with Crippen LogP contribution in [0.15, 0.2) is 59.0 Å². The molecule has 0 saturated carbocycles. The monoisotopic (exact) mass is 460 g/mol. The number of carbonyl (C=O) groups excluding carboxylic acids is 2. The van der Waals surface area contributed by atoms with E-state index < -0.39 is 0 Å². The molecule has 1 aliphatic heterocycles. The van der Waals surface area contributed by atoms with Crippen LogP contribution in [0.2, 0.25) is 0 Å². The van der Waals surface area contributed by atoms with Gasteiger partial charge < -0.3 is 19.4 Å². The van der Waals surface area contributed by atoms with Crippen LogP contribution >= 0.6 is 0 Å². The average molecular weight is 461 g/mol. The van der Waals surface area contributed by atoms with Gasteiger partial charge in [-0.3, -0.25) is 9.59 Å². The van der Waals surface area contributed by atoms with Crippen LogP contribution < -0.4 is 10.1 Å². The van der Waals surface area contributed by atoms with Crippen LogP contribution in [0.4, 0.5) is 0 Å². The molecule has 6 heteroatoms. The number of carbonyl (C=O) groups is 2. The van der Waals surface area contributed by atoms with Gasteiger partial charge in [0, 0.05) is 20.0 Å². The average Bonchev–Trinajstić information content (AvgIpc) is 3.30. The van der Waals surface area contributed by atoms with Gasteiger partial charge in [-0.2, -0.15) is 0 Å². The number of rotatable bonds is 7. The predicted octanol–water partition coefficient (Wildman–Crippen LogP) is 5.05. The van der Waals surface area contributed by atoms with E-state index in [1.165, 1.54) is 11.1 Å². The molecule has 0 spiro atoms. The third-order valence-corrected chi connectivity index (χ3v) is 6.08. The van der Waals surface area contributed by atoms with Gasteiger partial charge >= 0.3 is 0 Å². The van der Waals surface area contributed by atoms with E-state index in [0.717, 1.165) is 17.5 Å². The van der Waals surface area contributed by atoms with Crippen LogP contribution in [-0.2, 0) is 17.8 Å². The highest BCUT2D eigenvalue weighted by molar-refractivity contribution is 5.91. The number of benzene rings is 2. The van der Waals surface area contributed by atoms with Gasteiger partial charge in [0.05, 0.1) is 6.04 Å². The molecule has 4 rings (SSSR count). The van der Waals surface area contributed by atoms with Gasteiger partial charge in [-0.25, -0.2) is 0 Å². The standard InChI is InChI=1S/C28H32N2O4/c1-18(2)16-29-28(32)26-12-11-24(34-26)17-33-23-10-9-21-13-14-30(20(4)31)27(25(21)15-23)22-7-5-19(3)6-8-22/h5-12,15,18,27H,13-14,16-17H2,1-4H3,(H,29,32). The second kappa shape index (κ2) is 10.2. The molecule has 0 saturated heterocycles. The van der Waals surface area contributed by atoms with E-state index in [4.69, 9.17) is 9.15 Å². The fraction of sp³-hybridized carbons (Fsp3) is 0.357. The van der Waals surface area contributed by atoms with Crippen molar-refractivity contribution in [1.82, 2.24) is 10.2 Å². The molecule has 0 aliphatic carbocycles. The summed E-state index contributed by atoms with van der Waals surface area (Å²) in [4.78, 5) is 26.6. The topological polar surface area (TPSA) is 71.8 Å². The van der Waals surface area contributed by atoms with E-state index in [0.29, 0.717) is 30.5 Å². The Kier molecular flexibility index (Phi) is 7.06. The maximum Gasteiger partial charge on any atom is 0.287 e. The first-order valence-corrected chi connectivity index (χ1v) is 11.8. The molecular formula is C28H32N2O4. The summed E-state index contributed by atoms with van der Waals surface area (Å²) < 4.78 is 11.7. The summed E-state index contributed by atoms with van der Waals surface area (Å²) in [5.74, 6) is 1.76. The van der Waals surface area contributed by atoms with Crippen LogP contribution in [-0.4, -0.2) is 29.8 Å². The van der Waals surface area contributed by atoms with Gasteiger partial charge in [0.15, 0.2) is 5.76 Å². The number of aryl methyl sites for hydroxylation is 1. The van der Waals surface area contributed by atoms with Crippen LogP contribution in [0.25, 0.3) is 0 Å². The molecule has 0 bridgehead atoms. The van der Waals surface area contributed by atoms with Gasteiger partial charge in [-0.15, -0.1) is 0 Å². The third-order valence-electron chi connectivity index (χ3n) is 6.08. The fourth-order valence-corrected chi connectivity index (χ4v) is 4.25. The molecule has 1 N–H and O–H groups in total. The highest BCUT2D eigenvalue weighted by Crippen LogP contribution is 2.37. The Morgan fingerprint density at radius 1 is 1.12 bits per heavy atom. The molecule has 3 aromatic rings. The molecule has 6 nitrogen and oxygen atoms in total. The second-order valence-electron chi connectivity index (χ2n) is 9.29. The first-order valence-electron chi connectivity index (χ1n) is 11.8. The number of hydrogen-bond acceptors (Lipinski definition) is 4. The zero-order valence-electron chi connectivity index (χ0n) is 20.3. The predicted molar refractivity (Wildman–Crippen MR) is 131 cm³/mol. The summed E-state index contributed by atoms with van der Waals surface area (Å²) in [6.07, 6.45) is 0.810. The summed E-state index contributed by atoms with van der Waals surface area (Å²) in [5.41, 5.74) is 4.57. The Bertz CT molecular complexity index is 1160. The normalized spacial score (nSPS) is 15.2. The number of hydrogen-bond donors (Lipinski definition) is 1. The molecule has 0 fully saturated rings. The van der Waals surface area contributed by atoms with Crippen molar-refractivity contribution < 1.29 is 18.7 Å². The molecule has 1 aromatic heterocycles. The molecule has 1 aliphatic rings. The number of furan rings is 1. The van der Waals surface area contributed by atoms with E-state index in [-0.39, 0.29) is 30.2 Å². The van der Waals surface area contributed by atoms with Crippen LogP contribution in [0.5, 0.6) is 5.75 Å². The summed E-state index contributed by atoms with van der Waals surface area (Å²) in [6.45, 7) is 9.26. The largest absolute Gasteiger partial charge is 0.486 e. The summed E-state index contributed by atoms with van der Waals surface area (Å²) >= 11 is 0. The molecule has 1 unspecified atom stereocenters. The maximum absolute atomic E-state index is 12.4. The third kappa shape index (κ3) is 5.33. The van der Waals surface area contributed by atoms with Crippen LogP contribution in [0.1, 0.15) is 65.4 Å². The van der Waals surface area contributed by atoms with Gasteiger partial charge in [-0.05, 0) is 60.2 Å². The highest BCUT2D eigenvalue weighted by atomic mass is 16.5. The zero-order chi connectivity index (χ0) is 24.2. The van der Waals surface area contributed by atoms with Crippen molar-refractivity contribution >= 4 is 11.8 Å². The SMILES string of the molecule is CC(=O)N1CCc2ccc(OCc3ccc(C(=O)NCC(C)C)o3)cc2C1c1ccc(C)cc1. The number of ether oxygens (including phenoxy) is 1. The fourth-order valence-electron chi connectivity index (χ4n) is 4.25. The van der Waals surface area contributed by atoms with E-state index >= 15 is 0 Å². The van der Waals surface area contributed by atoms with Gasteiger partial charge in [-0.1, -0.05) is 49.7 Å². The molecule has 2 heterocycles. The lowest BCUT2D eigenvalue weighted by atomic mass is 9.87. The Hall–Kier alpha value is -3.54. The van der Waals surface area contributed by atoms with Gasteiger partial charge in [0.25, 0.3) is 5.91 Å². The van der Waals surface area contributed by atoms with E-state index in [1.54, 1.807) is 19.1 Å². The zero-order valence-corrected chi connectivity index (χ0v) is 20.3. The first kappa shape index (κ1) is 23.6. The molecule has 2 amide bonds. The highest BCUT2D eigenvalue weighted by Gasteiger charge is 2.30. The van der Waals surface area contributed by atoms with Crippen molar-refractivity contribution in [2.75, 3.05) is 13.1 Å². The van der Waals surface area contributed by atoms with E-state index in [9.17, 15) is 9.59 Å². The summed E-state index contributed by atoms with van der Waals surface area (Å²) in [6, 6.07) is 17.7. The minimum Gasteiger partial charge on any atom is -0.486 e. The van der Waals surface area contributed by atoms with Gasteiger partial charge in [0.2, 0.25) is 5.91 Å². The molecular weight excluding hydrogens is 428 g/mol. The van der Waals surface area contributed by atoms with Crippen molar-refractivity contribution in [2.45, 2.75) is 46.8 Å². The van der Waals surface area contributed by atoms with Crippen LogP contribution in [0, 0.1) is 12.8 Å². The number of fused-ring (bicyclic) bond motifs is 1. The first-order chi connectivity index (χ1) is 16.3. The van der Waals surface area contributed by atoms with Crippen LogP contribution in [0.3, 0.4) is 0 Å². The molecule has 2 aromatic carbocycles. The maximum atomic E-state index is 12.4. The second-order valence-corrected chi connectivity index (χ2v) is 9.29. The van der Waals surface area contributed by atoms with Crippen molar-refractivity contribution in [1.29, 1.82) is 0 Å². The number of amides is 2. The number of nitrogens with zero attached hydrogens (tertiary/aromatic N) is 1. The Labute approximate surface area is 200 Å². The lowest BCUT2D eigenvalue weighted by Gasteiger charge is -2.37. The molecule has 0 radical (unpaired) electrons. The van der Waals surface area contributed by atoms with E-state index in [1.807, 2.05) is 30.9 Å². The summed E-state index contributed by atoms with van der Waals surface area (Å²) in [7, 11) is 0. The molecule has 1 atom stereocenters. The summed E-state index contributed by atoms with van der Waals surface area (Å²) in [5, 5.41) is 2.85. The Morgan fingerprint density at radius 2 is 1.88 bits per heavy atom. The minimum atomic E-state index is -0.223. The lowest BCUT2D eigenvalue weighted by Crippen LogP contribution is -2.39. The Balaban J connectivity index is 1.52. The van der Waals surface area contributed by atoms with Crippen molar-refractivity contribution in [3.05, 3.63) is 88.4 Å². The van der Waals surface area contributed by atoms with Crippen molar-refractivity contribution in [3.63, 3.8) is 0 Å². The minimum absolute atomic E-state index is 0.0569. The molecule has 178 valence electrons. The number of nitrogens with one attached hydrogen (secondary N) is 1. The van der Waals surface area contributed by atoms with Crippen molar-refractivity contribution in [3.8, 4) is 5.75 Å². The van der Waals surface area contributed by atoms with Gasteiger partial charge in [0.1, 0.15) is 18.1 Å². The Morgan fingerprint density at radius 3 is 2.59 bits per heavy atom. The van der Waals surface area contributed by atoms with E-state index in [2.05, 4.69) is 42.6 Å². The quantitative estimate of drug-likeness (QED) is 0.536.